The van der Waals surface area contributed by atoms with Crippen LogP contribution in [0, 0.1) is 6.92 Å². The molecule has 0 aliphatic carbocycles. The maximum atomic E-state index is 5.60. The second kappa shape index (κ2) is 5.30. The third kappa shape index (κ3) is 2.12. The zero-order valence-electron chi connectivity index (χ0n) is 11.4. The van der Waals surface area contributed by atoms with Gasteiger partial charge < -0.3 is 9.73 Å². The first kappa shape index (κ1) is 12.6. The lowest BCUT2D eigenvalue weighted by atomic mass is 10.1. The molecule has 0 spiro atoms. The lowest BCUT2D eigenvalue weighted by molar-refractivity contribution is 0.451. The summed E-state index contributed by atoms with van der Waals surface area (Å²) >= 11 is 0. The molecule has 0 radical (unpaired) electrons. The fraction of sp³-hybridized carbons (Fsp3) is 0.200. The Balaban J connectivity index is 2.07. The molecular weight excluding hydrogens is 252 g/mol. The van der Waals surface area contributed by atoms with Gasteiger partial charge >= 0.3 is 0 Å². The van der Waals surface area contributed by atoms with Crippen molar-refractivity contribution in [3.63, 3.8) is 0 Å². The summed E-state index contributed by atoms with van der Waals surface area (Å²) in [6.45, 7) is 2.03. The molecule has 3 rings (SSSR count). The molecule has 102 valence electrons. The van der Waals surface area contributed by atoms with E-state index < -0.39 is 0 Å². The van der Waals surface area contributed by atoms with Gasteiger partial charge in [0.25, 0.3) is 0 Å². The van der Waals surface area contributed by atoms with Crippen molar-refractivity contribution in [3.8, 4) is 5.69 Å². The second-order valence-corrected chi connectivity index (χ2v) is 4.60. The highest BCUT2D eigenvalue weighted by atomic mass is 16.3. The number of hydrogen-bond acceptors (Lipinski definition) is 4. The number of hydrogen-bond donors (Lipinski definition) is 1. The highest BCUT2D eigenvalue weighted by Crippen LogP contribution is 2.26. The van der Waals surface area contributed by atoms with Crippen LogP contribution in [0.3, 0.4) is 0 Å². The van der Waals surface area contributed by atoms with Gasteiger partial charge in [0, 0.05) is 0 Å². The van der Waals surface area contributed by atoms with E-state index in [1.54, 1.807) is 12.5 Å². The Hall–Kier alpha value is -2.40. The Labute approximate surface area is 117 Å². The molecule has 0 aliphatic rings. The summed E-state index contributed by atoms with van der Waals surface area (Å²) in [6, 6.07) is 11.8. The van der Waals surface area contributed by atoms with Crippen LogP contribution in [0.1, 0.15) is 23.1 Å². The van der Waals surface area contributed by atoms with Gasteiger partial charge in [0.15, 0.2) is 0 Å². The summed E-state index contributed by atoms with van der Waals surface area (Å²) in [4.78, 5) is 0. The first-order chi connectivity index (χ1) is 9.81. The van der Waals surface area contributed by atoms with Crippen LogP contribution in [0.4, 0.5) is 0 Å². The van der Waals surface area contributed by atoms with E-state index in [9.17, 15) is 0 Å². The van der Waals surface area contributed by atoms with Gasteiger partial charge in [0.1, 0.15) is 11.8 Å². The summed E-state index contributed by atoms with van der Waals surface area (Å²) in [5.74, 6) is 0.881. The van der Waals surface area contributed by atoms with Gasteiger partial charge in [0.05, 0.1) is 23.8 Å². The van der Waals surface area contributed by atoms with Gasteiger partial charge in [-0.25, -0.2) is 4.68 Å². The van der Waals surface area contributed by atoms with E-state index in [1.807, 2.05) is 55.1 Å². The predicted octanol–water partition coefficient (Wildman–Crippen LogP) is 2.48. The van der Waals surface area contributed by atoms with Gasteiger partial charge in [0.2, 0.25) is 0 Å². The van der Waals surface area contributed by atoms with Crippen molar-refractivity contribution in [1.29, 1.82) is 0 Å². The predicted molar refractivity (Wildman–Crippen MR) is 75.7 cm³/mol. The van der Waals surface area contributed by atoms with Crippen molar-refractivity contribution in [3.05, 3.63) is 65.9 Å². The van der Waals surface area contributed by atoms with E-state index in [0.717, 1.165) is 22.7 Å². The number of para-hydroxylation sites is 1. The normalized spacial score (nSPS) is 12.5. The van der Waals surface area contributed by atoms with Crippen LogP contribution in [0.2, 0.25) is 0 Å². The second-order valence-electron chi connectivity index (χ2n) is 4.60. The first-order valence-corrected chi connectivity index (χ1v) is 6.48. The molecule has 5 nitrogen and oxygen atoms in total. The third-order valence-corrected chi connectivity index (χ3v) is 3.32. The summed E-state index contributed by atoms with van der Waals surface area (Å²) in [6.07, 6.45) is 3.46. The first-order valence-electron chi connectivity index (χ1n) is 6.48. The van der Waals surface area contributed by atoms with Crippen LogP contribution in [0.25, 0.3) is 5.69 Å². The van der Waals surface area contributed by atoms with Crippen LogP contribution in [0.15, 0.2) is 53.3 Å². The van der Waals surface area contributed by atoms with Gasteiger partial charge in [-0.15, -0.1) is 5.10 Å². The molecule has 3 aromatic rings. The zero-order chi connectivity index (χ0) is 13.9. The maximum Gasteiger partial charge on any atom is 0.129 e. The van der Waals surface area contributed by atoms with Gasteiger partial charge in [-0.2, -0.15) is 0 Å². The van der Waals surface area contributed by atoms with Crippen molar-refractivity contribution >= 4 is 0 Å². The molecule has 5 heteroatoms. The Kier molecular flexibility index (Phi) is 3.35. The van der Waals surface area contributed by atoms with Gasteiger partial charge in [-0.3, -0.25) is 0 Å². The fourth-order valence-corrected chi connectivity index (χ4v) is 2.30. The van der Waals surface area contributed by atoms with Crippen LogP contribution < -0.4 is 5.32 Å². The van der Waals surface area contributed by atoms with E-state index in [0.29, 0.717) is 0 Å². The monoisotopic (exact) mass is 268 g/mol. The quantitative estimate of drug-likeness (QED) is 0.789. The standard InChI is InChI=1S/C15H16N4O/c1-11-8-9-20-15(11)14(16-2)13-10-17-18-19(13)12-6-4-3-5-7-12/h3-10,14,16H,1-2H3. The molecular formula is C15H16N4O. The van der Waals surface area contributed by atoms with Crippen molar-refractivity contribution < 1.29 is 4.42 Å². The summed E-state index contributed by atoms with van der Waals surface area (Å²) in [7, 11) is 1.90. The molecule has 0 bridgehead atoms. The van der Waals surface area contributed by atoms with E-state index in [-0.39, 0.29) is 6.04 Å². The topological polar surface area (TPSA) is 55.9 Å². The number of aryl methyl sites for hydroxylation is 1. The lowest BCUT2D eigenvalue weighted by Gasteiger charge is -2.16. The largest absolute Gasteiger partial charge is 0.467 e. The highest BCUT2D eigenvalue weighted by Gasteiger charge is 2.22. The number of furan rings is 1. The minimum Gasteiger partial charge on any atom is -0.467 e. The van der Waals surface area contributed by atoms with Gasteiger partial charge in [-0.1, -0.05) is 23.4 Å². The molecule has 2 aromatic heterocycles. The van der Waals surface area contributed by atoms with Crippen molar-refractivity contribution in [1.82, 2.24) is 20.3 Å². The fourth-order valence-electron chi connectivity index (χ4n) is 2.30. The van der Waals surface area contributed by atoms with Crippen LogP contribution in [-0.4, -0.2) is 22.0 Å². The molecule has 1 unspecified atom stereocenters. The molecule has 1 aromatic carbocycles. The molecule has 1 N–H and O–H groups in total. The molecule has 2 heterocycles. The summed E-state index contributed by atoms with van der Waals surface area (Å²) in [5, 5.41) is 11.5. The minimum absolute atomic E-state index is 0.0831. The van der Waals surface area contributed by atoms with Crippen LogP contribution in [-0.2, 0) is 0 Å². The van der Waals surface area contributed by atoms with E-state index >= 15 is 0 Å². The Morgan fingerprint density at radius 3 is 2.65 bits per heavy atom. The summed E-state index contributed by atoms with van der Waals surface area (Å²) in [5.41, 5.74) is 3.02. The van der Waals surface area contributed by atoms with E-state index in [4.69, 9.17) is 4.42 Å². The maximum absolute atomic E-state index is 5.60. The lowest BCUT2D eigenvalue weighted by Crippen LogP contribution is -2.21. The number of nitrogens with zero attached hydrogens (tertiary/aromatic N) is 3. The zero-order valence-corrected chi connectivity index (χ0v) is 11.4. The molecule has 0 fully saturated rings. The Morgan fingerprint density at radius 1 is 1.20 bits per heavy atom. The van der Waals surface area contributed by atoms with Crippen molar-refractivity contribution in [2.75, 3.05) is 7.05 Å². The van der Waals surface area contributed by atoms with Crippen LogP contribution >= 0.6 is 0 Å². The van der Waals surface area contributed by atoms with Crippen LogP contribution in [0.5, 0.6) is 0 Å². The third-order valence-electron chi connectivity index (χ3n) is 3.32. The minimum atomic E-state index is -0.0831. The molecule has 0 saturated heterocycles. The Bertz CT molecular complexity index is 687. The average molecular weight is 268 g/mol. The molecule has 0 saturated carbocycles. The molecule has 0 amide bonds. The van der Waals surface area contributed by atoms with Gasteiger partial charge in [-0.05, 0) is 37.7 Å². The molecule has 20 heavy (non-hydrogen) atoms. The van der Waals surface area contributed by atoms with E-state index in [2.05, 4.69) is 15.6 Å². The Morgan fingerprint density at radius 2 is 2.00 bits per heavy atom. The number of benzene rings is 1. The number of nitrogens with one attached hydrogen (secondary N) is 1. The average Bonchev–Trinajstić information content (AvgIpc) is 3.11. The summed E-state index contributed by atoms with van der Waals surface area (Å²) < 4.78 is 7.42. The van der Waals surface area contributed by atoms with E-state index in [1.165, 1.54) is 0 Å². The molecule has 0 aliphatic heterocycles. The van der Waals surface area contributed by atoms with Crippen molar-refractivity contribution in [2.45, 2.75) is 13.0 Å². The molecule has 1 atom stereocenters. The number of aromatic nitrogens is 3. The highest BCUT2D eigenvalue weighted by molar-refractivity contribution is 5.35. The smallest absolute Gasteiger partial charge is 0.129 e. The van der Waals surface area contributed by atoms with Crippen molar-refractivity contribution in [2.24, 2.45) is 0 Å². The number of rotatable bonds is 4. The SMILES string of the molecule is CNC(c1occc1C)c1cnnn1-c1ccccc1.